The molecule has 0 saturated heterocycles. The van der Waals surface area contributed by atoms with E-state index < -0.39 is 0 Å². The van der Waals surface area contributed by atoms with Crippen LogP contribution in [-0.2, 0) is 133 Å². The molecule has 0 spiro atoms. The van der Waals surface area contributed by atoms with Crippen LogP contribution in [0.5, 0.6) is 0 Å². The zero-order valence-electron chi connectivity index (χ0n) is 63.3. The van der Waals surface area contributed by atoms with Gasteiger partial charge < -0.3 is 63.3 Å². The molecule has 16 nitrogen and oxygen atoms in total. The van der Waals surface area contributed by atoms with Crippen LogP contribution >= 0.6 is 9.58 Å². The maximum Gasteiger partial charge on any atom is 3.00 e. The van der Waals surface area contributed by atoms with Crippen LogP contribution in [0.3, 0.4) is 0 Å². The number of aliphatic hydroxyl groups excluding tert-OH is 1. The maximum absolute atomic E-state index is 12.6. The molecule has 0 amide bonds. The van der Waals surface area contributed by atoms with Gasteiger partial charge in [0.05, 0.1) is 5.76 Å². The van der Waals surface area contributed by atoms with E-state index in [-0.39, 0.29) is 118 Å². The van der Waals surface area contributed by atoms with Crippen LogP contribution < -0.4 is 0 Å². The summed E-state index contributed by atoms with van der Waals surface area (Å²) in [4.78, 5) is 50.6. The fraction of sp³-hybridized carbons (Fsp3) is 0.0211. The van der Waals surface area contributed by atoms with E-state index in [0.29, 0.717) is 0 Å². The van der Waals surface area contributed by atoms with Crippen molar-refractivity contribution in [2.45, 2.75) is 13.8 Å². The van der Waals surface area contributed by atoms with E-state index in [2.05, 4.69) is 148 Å². The average Bonchev–Trinajstić information content (AvgIpc) is 1.30. The number of allylic oxidation sites excluding steroid dienone is 2. The molecule has 610 valence electrons. The van der Waals surface area contributed by atoms with Crippen molar-refractivity contribution in [3.8, 4) is 67.5 Å². The Morgan fingerprint density at radius 2 is 0.807 bits per heavy atom. The molecule has 4 radical (unpaired) electrons. The van der Waals surface area contributed by atoms with E-state index in [0.717, 1.165) is 72.9 Å². The predicted octanol–water partition coefficient (Wildman–Crippen LogP) is 21.0. The number of benzene rings is 9. The maximum atomic E-state index is 12.6. The number of carbonyl (C=O) groups is 1. The van der Waals surface area contributed by atoms with Gasteiger partial charge >= 0.3 is 47.6 Å². The first kappa shape index (κ1) is 110. The number of hydrogen-bond donors (Lipinski definition) is 1. The van der Waals surface area contributed by atoms with E-state index in [4.69, 9.17) is 38.4 Å². The Bertz CT molecular complexity index is 4980. The van der Waals surface area contributed by atoms with Crippen molar-refractivity contribution < 1.29 is 142 Å². The summed E-state index contributed by atoms with van der Waals surface area (Å²) in [5.41, 5.74) is 13.0. The van der Waals surface area contributed by atoms with Crippen LogP contribution in [0.4, 0.5) is 4.39 Å². The monoisotopic (exact) mass is 2660 g/mol. The van der Waals surface area contributed by atoms with Crippen molar-refractivity contribution in [2.75, 3.05) is 0 Å². The molecule has 0 fully saturated rings. The first-order valence-corrected chi connectivity index (χ1v) is 36.9. The van der Waals surface area contributed by atoms with E-state index in [9.17, 15) is 9.18 Å². The molecule has 0 unspecified atom stereocenters. The van der Waals surface area contributed by atoms with Crippen molar-refractivity contribution in [2.24, 2.45) is 0 Å². The van der Waals surface area contributed by atoms with Gasteiger partial charge in [-0.05, 0) is 113 Å². The number of rotatable bonds is 8. The molecule has 119 heavy (non-hydrogen) atoms. The largest absolute Gasteiger partial charge is 3.00 e. The van der Waals surface area contributed by atoms with Crippen molar-refractivity contribution in [3.63, 3.8) is 0 Å². The number of aliphatic hydroxyl groups is 1. The Kier molecular flexibility index (Phi) is 65.0. The van der Waals surface area contributed by atoms with E-state index in [1.807, 2.05) is 274 Å². The van der Waals surface area contributed by atoms with Crippen molar-refractivity contribution in [1.82, 2.24) is 49.5 Å². The Labute approximate surface area is 777 Å². The van der Waals surface area contributed by atoms with Crippen molar-refractivity contribution in [3.05, 3.63) is 451 Å². The van der Waals surface area contributed by atoms with Gasteiger partial charge in [0.1, 0.15) is 0 Å². The van der Waals surface area contributed by atoms with Crippen LogP contribution in [0.25, 0.3) is 89.2 Å². The Morgan fingerprint density at radius 1 is 0.412 bits per heavy atom. The quantitative estimate of drug-likeness (QED) is 0.0490. The first-order chi connectivity index (χ1) is 56.3. The normalized spacial score (nSPS) is 8.90. The summed E-state index contributed by atoms with van der Waals surface area (Å²) in [5, 5.41) is 32.5. The third kappa shape index (κ3) is 43.0. The molecule has 0 atom stereocenters. The van der Waals surface area contributed by atoms with Crippen LogP contribution in [-0.4, -0.2) is 73.9 Å². The molecule has 0 saturated carbocycles. The minimum Gasteiger partial charge on any atom is -0.305 e. The van der Waals surface area contributed by atoms with Gasteiger partial charge in [-0.2, -0.15) is 58.7 Å². The van der Waals surface area contributed by atoms with E-state index >= 15 is 0 Å². The zero-order chi connectivity index (χ0) is 82.3. The second-order valence-corrected chi connectivity index (χ2v) is 21.8. The Morgan fingerprint density at radius 3 is 1.18 bits per heavy atom. The number of fused-ring (bicyclic) bond motifs is 3. The molecular formula is C95H72ClFIr6N12O4-6. The minimum atomic E-state index is -0.278. The SMILES string of the molecule is CC(=O)C=C(C)O.Fc1c[c-]c(-c2ccccn2)cc1.[C-]#N.[C-]#N.[CH-]=O.[CH-]=O.[Cl][Ir+2].[Ir+3].[Ir].[Ir].[Ir].[Ir].[c-]1cccc(-c2ccccc2)c1-c1ccccn1.[c-]1cccc2ccc3cccnc3c12.[c-]1ccccc1-c1ccccn1.[c-]1ccccc1-c1ccccn1.[c-]1ccccc1-n1cccn1.[c-]1ccccc1-n1cccn1.c1ccncc1. The number of pyridine rings is 6. The van der Waals surface area contributed by atoms with E-state index in [1.165, 1.54) is 66.3 Å². The number of aromatic nitrogens is 10. The smallest absolute Gasteiger partial charge is 0.305 e. The van der Waals surface area contributed by atoms with Gasteiger partial charge in [0.25, 0.3) is 0 Å². The minimum absolute atomic E-state index is 0. The predicted molar refractivity (Wildman–Crippen MR) is 443 cm³/mol. The van der Waals surface area contributed by atoms with Gasteiger partial charge in [-0.25, -0.2) is 0 Å². The Balaban J connectivity index is 0. The number of ketones is 1. The van der Waals surface area contributed by atoms with Crippen LogP contribution in [0.1, 0.15) is 13.8 Å². The van der Waals surface area contributed by atoms with Gasteiger partial charge in [-0.3, -0.25) is 37.1 Å². The number of nitrogens with zero attached hydrogens (tertiary/aromatic N) is 12. The fourth-order valence-electron chi connectivity index (χ4n) is 9.47. The number of hydrogen-bond acceptors (Lipinski definition) is 14. The van der Waals surface area contributed by atoms with Crippen LogP contribution in [0, 0.1) is 71.9 Å². The molecule has 0 bridgehead atoms. The summed E-state index contributed by atoms with van der Waals surface area (Å²) >= 11 is 1.47. The molecule has 8 heterocycles. The first-order valence-electron chi connectivity index (χ1n) is 33.9. The summed E-state index contributed by atoms with van der Waals surface area (Å²) in [5.74, 6) is -0.341. The molecule has 8 aromatic heterocycles. The molecular weight excluding hydrogens is 2580 g/mol. The zero-order valence-corrected chi connectivity index (χ0v) is 78.4. The summed E-state index contributed by atoms with van der Waals surface area (Å²) < 4.78 is 16.1. The van der Waals surface area contributed by atoms with Crippen LogP contribution in [0.2, 0.25) is 0 Å². The molecule has 0 aliphatic rings. The molecule has 17 aromatic rings. The molecule has 24 heteroatoms. The Hall–Kier alpha value is -11.5. The number of halogens is 2. The summed E-state index contributed by atoms with van der Waals surface area (Å²) in [6, 6.07) is 121. The number of para-hydroxylation sites is 2. The van der Waals surface area contributed by atoms with Gasteiger partial charge in [-0.1, -0.05) is 114 Å². The topological polar surface area (TPSA) is 232 Å². The van der Waals surface area contributed by atoms with Gasteiger partial charge in [-0.15, -0.1) is 179 Å². The van der Waals surface area contributed by atoms with Gasteiger partial charge in [0, 0.05) is 160 Å². The standard InChI is InChI=1S/C17H12N.C13H8N.C11H7FN.2C11H8N.2C9H7N2.C5H5N.C5H8O2.2CN.2CHO.ClH.6Ir/c1-2-8-14(9-3-1)15-10-4-5-11-16(15)17-12-6-7-13-18-17;1-2-6-12-10(4-1)7-8-11-5-3-9-14-13(11)12;12-10-6-4-9(5-7-10)11-3-1-2-8-13-11;2*1-2-6-10(7-3-1)11-8-4-5-9-12-11;2*1-2-5-9(6-3-1)11-8-4-7-10-11;1-2-4-6-5-3-1;1-4(6)3-5(2)7;4*1-2;;;;;;;/h1-10,12-13H;1-5,7-9H;1-4,6-8H;2*1-6,8-9H;2*1-5,7-8H;1-5H;3,6H,1-2H3;;;2*1H;1H;;;;;;/q7*-1;;;4*-1;;;;;;2*+3/p-1. The van der Waals surface area contributed by atoms with Crippen molar-refractivity contribution in [1.29, 1.82) is 10.5 Å². The van der Waals surface area contributed by atoms with Gasteiger partial charge in [0.15, 0.2) is 5.78 Å². The second kappa shape index (κ2) is 70.7. The molecule has 1 N–H and O–H groups in total. The molecule has 9 aromatic carbocycles. The van der Waals surface area contributed by atoms with E-state index in [1.54, 1.807) is 58.8 Å². The molecule has 0 aliphatic carbocycles. The molecule has 17 rings (SSSR count). The summed E-state index contributed by atoms with van der Waals surface area (Å²) in [7, 11) is 4.64. The summed E-state index contributed by atoms with van der Waals surface area (Å²) in [6.45, 7) is 18.8. The number of carbonyl (C=O) groups excluding carboxylic acids is 3. The average molecular weight is 2650 g/mol. The van der Waals surface area contributed by atoms with Gasteiger partial charge in [0.2, 0.25) is 0 Å². The second-order valence-electron chi connectivity index (χ2n) is 21.8. The summed E-state index contributed by atoms with van der Waals surface area (Å²) in [6.07, 6.45) is 20.9. The van der Waals surface area contributed by atoms with Crippen LogP contribution in [0.15, 0.2) is 389 Å². The molecule has 0 aliphatic heterocycles. The fourth-order valence-corrected chi connectivity index (χ4v) is 9.47. The van der Waals surface area contributed by atoms with Crippen molar-refractivity contribution >= 4 is 50.6 Å². The third-order valence-corrected chi connectivity index (χ3v) is 14.2. The third-order valence-electron chi connectivity index (χ3n) is 14.2.